The summed E-state index contributed by atoms with van der Waals surface area (Å²) in [4.78, 5) is 0. The molecule has 2 aliphatic rings. The smallest absolute Gasteiger partial charge is 0.0853 e. The van der Waals surface area contributed by atoms with Crippen LogP contribution in [-0.2, 0) is 11.8 Å². The van der Waals surface area contributed by atoms with Gasteiger partial charge in [-0.3, -0.25) is 4.68 Å². The fraction of sp³-hybridized carbons (Fsp3) is 0.800. The molecule has 3 rings (SSSR count). The van der Waals surface area contributed by atoms with Gasteiger partial charge in [0.1, 0.15) is 0 Å². The summed E-state index contributed by atoms with van der Waals surface area (Å²) < 4.78 is 7.88. The quantitative estimate of drug-likeness (QED) is 0.892. The Balaban J connectivity index is 1.76. The zero-order chi connectivity index (χ0) is 13.5. The number of ether oxygens (including phenoxy) is 1. The maximum Gasteiger partial charge on any atom is 0.0853 e. The molecular formula is C15H24N2O2. The van der Waals surface area contributed by atoms with E-state index in [4.69, 9.17) is 4.74 Å². The third kappa shape index (κ3) is 2.32. The normalized spacial score (nSPS) is 27.8. The van der Waals surface area contributed by atoms with Crippen LogP contribution >= 0.6 is 0 Å². The summed E-state index contributed by atoms with van der Waals surface area (Å²) in [6.45, 7) is 2.82. The number of aliphatic hydroxyl groups is 1. The van der Waals surface area contributed by atoms with Gasteiger partial charge >= 0.3 is 0 Å². The largest absolute Gasteiger partial charge is 0.388 e. The van der Waals surface area contributed by atoms with Crippen LogP contribution in [0.4, 0.5) is 0 Å². The molecule has 1 saturated carbocycles. The Labute approximate surface area is 114 Å². The van der Waals surface area contributed by atoms with Gasteiger partial charge in [0.15, 0.2) is 0 Å². The summed E-state index contributed by atoms with van der Waals surface area (Å²) in [6.07, 6.45) is 8.26. The first-order valence-corrected chi connectivity index (χ1v) is 7.42. The molecule has 1 aromatic heterocycles. The Kier molecular flexibility index (Phi) is 3.39. The van der Waals surface area contributed by atoms with E-state index in [1.165, 1.54) is 25.7 Å². The average Bonchev–Trinajstić information content (AvgIpc) is 2.98. The molecular weight excluding hydrogens is 240 g/mol. The summed E-state index contributed by atoms with van der Waals surface area (Å²) in [6, 6.07) is 0. The molecule has 0 bridgehead atoms. The lowest BCUT2D eigenvalue weighted by Crippen LogP contribution is -2.39. The maximum absolute atomic E-state index is 10.7. The highest BCUT2D eigenvalue weighted by Crippen LogP contribution is 2.45. The first-order valence-electron chi connectivity index (χ1n) is 7.42. The van der Waals surface area contributed by atoms with Crippen LogP contribution in [0.2, 0.25) is 0 Å². The van der Waals surface area contributed by atoms with Crippen molar-refractivity contribution >= 4 is 0 Å². The summed E-state index contributed by atoms with van der Waals surface area (Å²) in [5.41, 5.74) is 2.13. The molecule has 1 spiro atoms. The van der Waals surface area contributed by atoms with Crippen LogP contribution in [-0.4, -0.2) is 27.1 Å². The molecule has 4 nitrogen and oxygen atoms in total. The lowest BCUT2D eigenvalue weighted by molar-refractivity contribution is -0.113. The van der Waals surface area contributed by atoms with E-state index in [0.29, 0.717) is 5.92 Å². The molecule has 19 heavy (non-hydrogen) atoms. The maximum atomic E-state index is 10.7. The number of hydrogen-bond acceptors (Lipinski definition) is 3. The Hall–Kier alpha value is -0.870. The Bertz CT molecular complexity index is 449. The van der Waals surface area contributed by atoms with Crippen molar-refractivity contribution in [2.24, 2.45) is 13.0 Å². The van der Waals surface area contributed by atoms with E-state index in [1.807, 2.05) is 24.9 Å². The van der Waals surface area contributed by atoms with Crippen LogP contribution in [0.15, 0.2) is 6.20 Å². The number of aryl methyl sites for hydroxylation is 1. The molecule has 2 unspecified atom stereocenters. The van der Waals surface area contributed by atoms with Gasteiger partial charge in [-0.2, -0.15) is 5.10 Å². The lowest BCUT2D eigenvalue weighted by atomic mass is 9.80. The van der Waals surface area contributed by atoms with Crippen molar-refractivity contribution in [3.8, 4) is 0 Å². The van der Waals surface area contributed by atoms with Gasteiger partial charge in [-0.1, -0.05) is 12.8 Å². The third-order valence-corrected chi connectivity index (χ3v) is 5.08. The van der Waals surface area contributed by atoms with Crippen molar-refractivity contribution < 1.29 is 9.84 Å². The minimum absolute atomic E-state index is 0.0695. The average molecular weight is 264 g/mol. The van der Waals surface area contributed by atoms with E-state index in [0.717, 1.165) is 30.7 Å². The van der Waals surface area contributed by atoms with Crippen molar-refractivity contribution in [2.75, 3.05) is 6.61 Å². The van der Waals surface area contributed by atoms with Gasteiger partial charge in [-0.25, -0.2) is 0 Å². The SMILES string of the molecule is Cc1c(C(O)C2CCOC3(CCCC3)C2)cnn1C. The number of rotatable bonds is 2. The number of nitrogens with zero attached hydrogens (tertiary/aromatic N) is 2. The van der Waals surface area contributed by atoms with Crippen molar-refractivity contribution in [3.05, 3.63) is 17.5 Å². The molecule has 1 aliphatic heterocycles. The van der Waals surface area contributed by atoms with Gasteiger partial charge in [0.2, 0.25) is 0 Å². The number of aromatic nitrogens is 2. The minimum Gasteiger partial charge on any atom is -0.388 e. The summed E-state index contributed by atoms with van der Waals surface area (Å²) in [5, 5.41) is 14.9. The Morgan fingerprint density at radius 1 is 1.47 bits per heavy atom. The molecule has 1 aromatic rings. The predicted molar refractivity (Wildman–Crippen MR) is 72.8 cm³/mol. The monoisotopic (exact) mass is 264 g/mol. The highest BCUT2D eigenvalue weighted by atomic mass is 16.5. The van der Waals surface area contributed by atoms with E-state index in [-0.39, 0.29) is 5.60 Å². The molecule has 1 N–H and O–H groups in total. The number of hydrogen-bond donors (Lipinski definition) is 1. The zero-order valence-corrected chi connectivity index (χ0v) is 11.9. The Morgan fingerprint density at radius 2 is 2.21 bits per heavy atom. The van der Waals surface area contributed by atoms with Crippen LogP contribution in [0.3, 0.4) is 0 Å². The fourth-order valence-corrected chi connectivity index (χ4v) is 3.76. The van der Waals surface area contributed by atoms with Crippen LogP contribution in [0.5, 0.6) is 0 Å². The molecule has 0 radical (unpaired) electrons. The van der Waals surface area contributed by atoms with E-state index < -0.39 is 6.10 Å². The lowest BCUT2D eigenvalue weighted by Gasteiger charge is -2.40. The summed E-state index contributed by atoms with van der Waals surface area (Å²) in [7, 11) is 1.92. The van der Waals surface area contributed by atoms with Crippen molar-refractivity contribution in [3.63, 3.8) is 0 Å². The summed E-state index contributed by atoms with van der Waals surface area (Å²) >= 11 is 0. The van der Waals surface area contributed by atoms with Gasteiger partial charge in [-0.15, -0.1) is 0 Å². The van der Waals surface area contributed by atoms with Crippen LogP contribution in [0.25, 0.3) is 0 Å². The minimum atomic E-state index is -0.393. The van der Waals surface area contributed by atoms with E-state index >= 15 is 0 Å². The molecule has 0 amide bonds. The standard InChI is InChI=1S/C15H24N2O2/c1-11-13(10-16-17(11)2)14(18)12-5-8-19-15(9-12)6-3-4-7-15/h10,12,14,18H,3-9H2,1-2H3. The van der Waals surface area contributed by atoms with Gasteiger partial charge in [-0.05, 0) is 38.5 Å². The van der Waals surface area contributed by atoms with Crippen molar-refractivity contribution in [2.45, 2.75) is 57.2 Å². The molecule has 1 aliphatic carbocycles. The molecule has 0 aromatic carbocycles. The van der Waals surface area contributed by atoms with Crippen LogP contribution in [0.1, 0.15) is 55.9 Å². The predicted octanol–water partition coefficient (Wildman–Crippen LogP) is 2.50. The third-order valence-electron chi connectivity index (χ3n) is 5.08. The highest BCUT2D eigenvalue weighted by Gasteiger charge is 2.42. The van der Waals surface area contributed by atoms with Crippen LogP contribution in [0, 0.1) is 12.8 Å². The van der Waals surface area contributed by atoms with Gasteiger partial charge in [0, 0.05) is 24.9 Å². The van der Waals surface area contributed by atoms with Crippen LogP contribution < -0.4 is 0 Å². The molecule has 4 heteroatoms. The second-order valence-corrected chi connectivity index (χ2v) is 6.25. The zero-order valence-electron chi connectivity index (χ0n) is 11.9. The highest BCUT2D eigenvalue weighted by molar-refractivity contribution is 5.20. The first-order chi connectivity index (χ1) is 9.11. The second kappa shape index (κ2) is 4.91. The van der Waals surface area contributed by atoms with E-state index in [2.05, 4.69) is 5.10 Å². The fourth-order valence-electron chi connectivity index (χ4n) is 3.76. The molecule has 2 heterocycles. The van der Waals surface area contributed by atoms with Gasteiger partial charge in [0.25, 0.3) is 0 Å². The molecule has 2 fully saturated rings. The van der Waals surface area contributed by atoms with E-state index in [9.17, 15) is 5.11 Å². The van der Waals surface area contributed by atoms with Crippen molar-refractivity contribution in [1.82, 2.24) is 9.78 Å². The second-order valence-electron chi connectivity index (χ2n) is 6.25. The first kappa shape index (κ1) is 13.1. The van der Waals surface area contributed by atoms with Gasteiger partial charge < -0.3 is 9.84 Å². The Morgan fingerprint density at radius 3 is 2.84 bits per heavy atom. The molecule has 106 valence electrons. The van der Waals surface area contributed by atoms with Crippen molar-refractivity contribution in [1.29, 1.82) is 0 Å². The van der Waals surface area contributed by atoms with E-state index in [1.54, 1.807) is 0 Å². The topological polar surface area (TPSA) is 47.3 Å². The molecule has 1 saturated heterocycles. The van der Waals surface area contributed by atoms with Gasteiger partial charge in [0.05, 0.1) is 17.9 Å². The molecule has 2 atom stereocenters. The summed E-state index contributed by atoms with van der Waals surface area (Å²) in [5.74, 6) is 0.315. The number of aliphatic hydroxyl groups excluding tert-OH is 1.